The fraction of sp³-hybridized carbons (Fsp3) is 0.0909. The quantitative estimate of drug-likeness (QED) is 0.912. The molecule has 1 heterocycles. The van der Waals surface area contributed by atoms with Crippen molar-refractivity contribution in [3.63, 3.8) is 0 Å². The molecule has 2 rings (SSSR count). The summed E-state index contributed by atoms with van der Waals surface area (Å²) in [7, 11) is 0. The Morgan fingerprint density at radius 1 is 1.38 bits per heavy atom. The Balaban J connectivity index is 2.41. The molecule has 5 heteroatoms. The van der Waals surface area contributed by atoms with E-state index in [4.69, 9.17) is 17.3 Å². The van der Waals surface area contributed by atoms with Crippen molar-refractivity contribution in [2.24, 2.45) is 5.73 Å². The van der Waals surface area contributed by atoms with Crippen molar-refractivity contribution in [2.75, 3.05) is 0 Å². The monoisotopic (exact) mass is 252 g/mol. The molecule has 2 N–H and O–H groups in total. The first-order chi connectivity index (χ1) is 7.68. The number of thiazole rings is 1. The van der Waals surface area contributed by atoms with Crippen LogP contribution in [-0.4, -0.2) is 10.9 Å². The van der Waals surface area contributed by atoms with Gasteiger partial charge in [0.1, 0.15) is 5.92 Å². The zero-order valence-corrected chi connectivity index (χ0v) is 9.83. The fourth-order valence-electron chi connectivity index (χ4n) is 1.50. The molecule has 1 amide bonds. The third kappa shape index (κ3) is 2.23. The number of hydrogen-bond donors (Lipinski definition) is 1. The van der Waals surface area contributed by atoms with E-state index in [0.717, 1.165) is 5.56 Å². The van der Waals surface area contributed by atoms with Gasteiger partial charge in [0.05, 0.1) is 11.2 Å². The first-order valence-electron chi connectivity index (χ1n) is 4.61. The van der Waals surface area contributed by atoms with E-state index in [2.05, 4.69) is 4.98 Å². The molecule has 0 fully saturated rings. The summed E-state index contributed by atoms with van der Waals surface area (Å²) < 4.78 is 0. The van der Waals surface area contributed by atoms with Crippen LogP contribution in [0, 0.1) is 0 Å². The van der Waals surface area contributed by atoms with Gasteiger partial charge in [-0.25, -0.2) is 4.98 Å². The number of carbonyl (C=O) groups is 1. The summed E-state index contributed by atoms with van der Waals surface area (Å²) in [4.78, 5) is 15.6. The Hall–Kier alpha value is -1.39. The summed E-state index contributed by atoms with van der Waals surface area (Å²) >= 11 is 7.23. The van der Waals surface area contributed by atoms with Crippen LogP contribution in [0.5, 0.6) is 0 Å². The standard InChI is InChI=1S/C11H9ClN2OS/c12-8-3-1-7(2-4-8)10(11(13)15)9-5-16-6-14-9/h1-6,10H,(H2,13,15). The maximum atomic E-state index is 11.4. The molecular formula is C11H9ClN2OS. The van der Waals surface area contributed by atoms with E-state index >= 15 is 0 Å². The molecule has 0 saturated heterocycles. The Morgan fingerprint density at radius 3 is 2.56 bits per heavy atom. The average Bonchev–Trinajstić information content (AvgIpc) is 2.74. The molecule has 0 spiro atoms. The van der Waals surface area contributed by atoms with Crippen molar-refractivity contribution in [2.45, 2.75) is 5.92 Å². The largest absolute Gasteiger partial charge is 0.369 e. The van der Waals surface area contributed by atoms with Crippen molar-refractivity contribution in [3.8, 4) is 0 Å². The lowest BCUT2D eigenvalue weighted by Crippen LogP contribution is -2.22. The summed E-state index contributed by atoms with van der Waals surface area (Å²) in [5.74, 6) is -0.906. The number of aromatic nitrogens is 1. The molecule has 16 heavy (non-hydrogen) atoms. The average molecular weight is 253 g/mol. The van der Waals surface area contributed by atoms with Gasteiger partial charge in [-0.1, -0.05) is 23.7 Å². The van der Waals surface area contributed by atoms with Crippen LogP contribution in [0.2, 0.25) is 5.02 Å². The number of halogens is 1. The maximum Gasteiger partial charge on any atom is 0.231 e. The van der Waals surface area contributed by atoms with E-state index in [9.17, 15) is 4.79 Å². The molecule has 0 radical (unpaired) electrons. The number of rotatable bonds is 3. The van der Waals surface area contributed by atoms with Crippen LogP contribution in [0.25, 0.3) is 0 Å². The molecule has 1 unspecified atom stereocenters. The molecule has 0 aliphatic heterocycles. The Kier molecular flexibility index (Phi) is 3.22. The predicted octanol–water partition coefficient (Wildman–Crippen LogP) is 2.41. The minimum Gasteiger partial charge on any atom is -0.369 e. The number of nitrogens with zero attached hydrogens (tertiary/aromatic N) is 1. The van der Waals surface area contributed by atoms with Gasteiger partial charge in [-0.2, -0.15) is 0 Å². The molecule has 2 aromatic rings. The van der Waals surface area contributed by atoms with Crippen molar-refractivity contribution in [1.82, 2.24) is 4.98 Å². The second kappa shape index (κ2) is 4.63. The molecule has 1 aromatic heterocycles. The summed E-state index contributed by atoms with van der Waals surface area (Å²) in [5, 5.41) is 2.45. The zero-order chi connectivity index (χ0) is 11.5. The van der Waals surface area contributed by atoms with Crippen LogP contribution < -0.4 is 5.73 Å². The number of nitrogens with two attached hydrogens (primary N) is 1. The molecule has 3 nitrogen and oxygen atoms in total. The lowest BCUT2D eigenvalue weighted by Gasteiger charge is -2.11. The molecule has 1 atom stereocenters. The van der Waals surface area contributed by atoms with Crippen LogP contribution in [-0.2, 0) is 4.79 Å². The second-order valence-electron chi connectivity index (χ2n) is 3.30. The zero-order valence-electron chi connectivity index (χ0n) is 8.26. The van der Waals surface area contributed by atoms with Crippen molar-refractivity contribution in [3.05, 3.63) is 51.4 Å². The maximum absolute atomic E-state index is 11.4. The minimum atomic E-state index is -0.497. The van der Waals surface area contributed by atoms with Crippen molar-refractivity contribution in [1.29, 1.82) is 0 Å². The van der Waals surface area contributed by atoms with Gasteiger partial charge in [0, 0.05) is 10.4 Å². The molecule has 1 aromatic carbocycles. The van der Waals surface area contributed by atoms with E-state index in [1.54, 1.807) is 29.8 Å². The number of carbonyl (C=O) groups excluding carboxylic acids is 1. The van der Waals surface area contributed by atoms with Gasteiger partial charge in [-0.15, -0.1) is 11.3 Å². The summed E-state index contributed by atoms with van der Waals surface area (Å²) in [6.45, 7) is 0. The summed E-state index contributed by atoms with van der Waals surface area (Å²) in [6, 6.07) is 7.05. The highest BCUT2D eigenvalue weighted by Gasteiger charge is 2.21. The van der Waals surface area contributed by atoms with Gasteiger partial charge in [0.25, 0.3) is 0 Å². The van der Waals surface area contributed by atoms with Gasteiger partial charge >= 0.3 is 0 Å². The number of benzene rings is 1. The summed E-state index contributed by atoms with van der Waals surface area (Å²) in [6.07, 6.45) is 0. The Labute approximate surface area is 102 Å². The molecule has 0 aliphatic rings. The van der Waals surface area contributed by atoms with Crippen LogP contribution in [0.4, 0.5) is 0 Å². The van der Waals surface area contributed by atoms with Gasteiger partial charge < -0.3 is 5.73 Å². The number of hydrogen-bond acceptors (Lipinski definition) is 3. The fourth-order valence-corrected chi connectivity index (χ4v) is 2.21. The Bertz CT molecular complexity index is 481. The SMILES string of the molecule is NC(=O)C(c1ccc(Cl)cc1)c1cscn1. The Morgan fingerprint density at radius 2 is 2.06 bits per heavy atom. The highest BCUT2D eigenvalue weighted by molar-refractivity contribution is 7.07. The topological polar surface area (TPSA) is 56.0 Å². The molecule has 0 bridgehead atoms. The molecule has 0 saturated carbocycles. The third-order valence-corrected chi connectivity index (χ3v) is 3.09. The third-order valence-electron chi connectivity index (χ3n) is 2.24. The van der Waals surface area contributed by atoms with Crippen LogP contribution >= 0.6 is 22.9 Å². The lowest BCUT2D eigenvalue weighted by atomic mass is 9.96. The van der Waals surface area contributed by atoms with Crippen LogP contribution in [0.3, 0.4) is 0 Å². The van der Waals surface area contributed by atoms with Crippen molar-refractivity contribution < 1.29 is 4.79 Å². The summed E-state index contributed by atoms with van der Waals surface area (Å²) in [5.41, 5.74) is 8.56. The van der Waals surface area contributed by atoms with E-state index in [1.165, 1.54) is 11.3 Å². The minimum absolute atomic E-state index is 0.409. The molecule has 82 valence electrons. The van der Waals surface area contributed by atoms with Crippen molar-refractivity contribution >= 4 is 28.8 Å². The highest BCUT2D eigenvalue weighted by atomic mass is 35.5. The van der Waals surface area contributed by atoms with E-state index in [1.807, 2.05) is 5.38 Å². The van der Waals surface area contributed by atoms with Crippen LogP contribution in [0.15, 0.2) is 35.2 Å². The smallest absolute Gasteiger partial charge is 0.231 e. The number of primary amides is 1. The van der Waals surface area contributed by atoms with E-state index in [0.29, 0.717) is 10.7 Å². The first kappa shape index (κ1) is 11.1. The molecular weight excluding hydrogens is 244 g/mol. The van der Waals surface area contributed by atoms with Gasteiger partial charge in [-0.3, -0.25) is 4.79 Å². The van der Waals surface area contributed by atoms with E-state index < -0.39 is 11.8 Å². The second-order valence-corrected chi connectivity index (χ2v) is 4.46. The first-order valence-corrected chi connectivity index (χ1v) is 5.93. The number of amides is 1. The molecule has 0 aliphatic carbocycles. The van der Waals surface area contributed by atoms with Gasteiger partial charge in [0.2, 0.25) is 5.91 Å². The lowest BCUT2D eigenvalue weighted by molar-refractivity contribution is -0.118. The van der Waals surface area contributed by atoms with E-state index in [-0.39, 0.29) is 0 Å². The van der Waals surface area contributed by atoms with Gasteiger partial charge in [-0.05, 0) is 17.7 Å². The van der Waals surface area contributed by atoms with Gasteiger partial charge in [0.15, 0.2) is 0 Å². The van der Waals surface area contributed by atoms with Crippen LogP contribution in [0.1, 0.15) is 17.2 Å². The predicted molar refractivity (Wildman–Crippen MR) is 64.6 cm³/mol. The highest BCUT2D eigenvalue weighted by Crippen LogP contribution is 2.25. The normalized spacial score (nSPS) is 12.3.